The smallest absolute Gasteiger partial charge is 0.416 e. The maximum absolute atomic E-state index is 14.7. The van der Waals surface area contributed by atoms with E-state index in [1.807, 2.05) is 0 Å². The Balaban J connectivity index is 1.76. The van der Waals surface area contributed by atoms with Gasteiger partial charge in [0.25, 0.3) is 0 Å². The van der Waals surface area contributed by atoms with Gasteiger partial charge in [0.15, 0.2) is 6.23 Å². The number of benzene rings is 1. The molecule has 2 saturated heterocycles. The molecule has 1 aromatic rings. The molecule has 2 unspecified atom stereocenters. The maximum atomic E-state index is 14.7. The van der Waals surface area contributed by atoms with Gasteiger partial charge in [0, 0.05) is 32.2 Å². The molecule has 0 aromatic heterocycles. The Bertz CT molecular complexity index is 665. The number of hydrogen-bond donors (Lipinski definition) is 1. The van der Waals surface area contributed by atoms with Crippen molar-refractivity contribution in [2.45, 2.75) is 31.9 Å². The van der Waals surface area contributed by atoms with E-state index in [2.05, 4.69) is 4.72 Å². The average Bonchev–Trinajstić information content (AvgIpc) is 2.79. The van der Waals surface area contributed by atoms with E-state index in [9.17, 15) is 14.0 Å². The topological polar surface area (TPSA) is 61.9 Å². The lowest BCUT2D eigenvalue weighted by Crippen LogP contribution is -2.38. The molecule has 0 radical (unpaired) electrons. The Morgan fingerprint density at radius 2 is 2.28 bits per heavy atom. The minimum atomic E-state index is -0.657. The van der Waals surface area contributed by atoms with Crippen LogP contribution in [-0.2, 0) is 9.53 Å². The molecule has 136 valence electrons. The summed E-state index contributed by atoms with van der Waals surface area (Å²) in [4.78, 5) is 26.2. The number of nitrogens with one attached hydrogen (secondary N) is 1. The summed E-state index contributed by atoms with van der Waals surface area (Å²) in [6.07, 6.45) is 0.753. The van der Waals surface area contributed by atoms with Crippen LogP contribution in [0.15, 0.2) is 18.2 Å². The first-order valence-corrected chi connectivity index (χ1v) is 9.31. The van der Waals surface area contributed by atoms with E-state index in [-0.39, 0.29) is 24.2 Å². The number of hydrogen-bond acceptors (Lipinski definition) is 5. The highest BCUT2D eigenvalue weighted by Crippen LogP contribution is 2.31. The zero-order chi connectivity index (χ0) is 18.0. The molecule has 0 aliphatic carbocycles. The van der Waals surface area contributed by atoms with Crippen LogP contribution in [0.5, 0.6) is 0 Å². The van der Waals surface area contributed by atoms with E-state index < -0.39 is 12.3 Å². The van der Waals surface area contributed by atoms with Crippen molar-refractivity contribution in [1.29, 1.82) is 0 Å². The van der Waals surface area contributed by atoms with Gasteiger partial charge in [-0.05, 0) is 30.5 Å². The van der Waals surface area contributed by atoms with Gasteiger partial charge in [0.1, 0.15) is 5.82 Å². The molecular weight excluding hydrogens is 345 g/mol. The van der Waals surface area contributed by atoms with Crippen molar-refractivity contribution in [3.05, 3.63) is 29.6 Å². The van der Waals surface area contributed by atoms with Crippen molar-refractivity contribution >= 4 is 29.6 Å². The Morgan fingerprint density at radius 1 is 1.48 bits per heavy atom. The predicted molar refractivity (Wildman–Crippen MR) is 94.9 cm³/mol. The zero-order valence-corrected chi connectivity index (χ0v) is 15.1. The summed E-state index contributed by atoms with van der Waals surface area (Å²) in [6.45, 7) is 2.33. The number of ether oxygens (including phenoxy) is 1. The Kier molecular flexibility index (Phi) is 5.48. The first kappa shape index (κ1) is 18.0. The fraction of sp³-hybridized carbons (Fsp3) is 0.529. The molecule has 0 spiro atoms. The largest absolute Gasteiger partial charge is 0.423 e. The fourth-order valence-corrected chi connectivity index (χ4v) is 3.85. The number of carbonyl (C=O) groups excluding carboxylic acids is 2. The summed E-state index contributed by atoms with van der Waals surface area (Å²) in [5.74, 6) is 0.652. The second kappa shape index (κ2) is 7.61. The third-order valence-electron chi connectivity index (χ3n) is 4.69. The van der Waals surface area contributed by atoms with Crippen molar-refractivity contribution < 1.29 is 18.7 Å². The van der Waals surface area contributed by atoms with Crippen LogP contribution >= 0.6 is 11.9 Å². The Morgan fingerprint density at radius 3 is 3.00 bits per heavy atom. The van der Waals surface area contributed by atoms with Gasteiger partial charge in [-0.25, -0.2) is 9.18 Å². The molecule has 2 heterocycles. The first-order chi connectivity index (χ1) is 12.0. The van der Waals surface area contributed by atoms with Gasteiger partial charge in [-0.1, -0.05) is 18.0 Å². The molecule has 2 amide bonds. The molecule has 1 N–H and O–H groups in total. The number of halogens is 1. The molecule has 0 bridgehead atoms. The third-order valence-corrected chi connectivity index (χ3v) is 5.55. The van der Waals surface area contributed by atoms with Crippen LogP contribution in [0.3, 0.4) is 0 Å². The van der Waals surface area contributed by atoms with Gasteiger partial charge < -0.3 is 9.64 Å². The Labute approximate surface area is 150 Å². The summed E-state index contributed by atoms with van der Waals surface area (Å²) >= 11 is 1.68. The van der Waals surface area contributed by atoms with Crippen LogP contribution in [-0.4, -0.2) is 49.0 Å². The van der Waals surface area contributed by atoms with E-state index >= 15 is 0 Å². The van der Waals surface area contributed by atoms with Crippen LogP contribution in [0.4, 0.5) is 14.9 Å². The maximum Gasteiger partial charge on any atom is 0.416 e. The monoisotopic (exact) mass is 367 g/mol. The van der Waals surface area contributed by atoms with Crippen molar-refractivity contribution in [2.75, 3.05) is 30.8 Å². The van der Waals surface area contributed by atoms with Crippen LogP contribution in [0.2, 0.25) is 0 Å². The second-order valence-electron chi connectivity index (χ2n) is 6.32. The highest BCUT2D eigenvalue weighted by atomic mass is 32.2. The molecule has 3 rings (SSSR count). The van der Waals surface area contributed by atoms with E-state index in [0.29, 0.717) is 11.3 Å². The lowest BCUT2D eigenvalue weighted by molar-refractivity contribution is -0.134. The Hall–Kier alpha value is -1.80. The number of nitrogens with zero attached hydrogens (tertiary/aromatic N) is 2. The van der Waals surface area contributed by atoms with Crippen LogP contribution in [0.25, 0.3) is 0 Å². The normalized spacial score (nSPS) is 24.0. The fourth-order valence-electron chi connectivity index (χ4n) is 3.08. The number of amides is 2. The van der Waals surface area contributed by atoms with E-state index in [4.69, 9.17) is 4.74 Å². The zero-order valence-electron chi connectivity index (χ0n) is 14.3. The van der Waals surface area contributed by atoms with Gasteiger partial charge in [-0.15, -0.1) is 0 Å². The summed E-state index contributed by atoms with van der Waals surface area (Å²) in [5, 5.41) is 0. The van der Waals surface area contributed by atoms with Crippen molar-refractivity contribution in [3.63, 3.8) is 0 Å². The molecule has 8 heteroatoms. The van der Waals surface area contributed by atoms with Gasteiger partial charge in [0.2, 0.25) is 5.91 Å². The number of rotatable bonds is 3. The van der Waals surface area contributed by atoms with E-state index in [0.717, 1.165) is 25.1 Å². The van der Waals surface area contributed by atoms with Crippen molar-refractivity contribution in [2.24, 2.45) is 0 Å². The minimum absolute atomic E-state index is 0.131. The molecular formula is C17H22FN3O3S. The lowest BCUT2D eigenvalue weighted by atomic mass is 9.94. The predicted octanol–water partition coefficient (Wildman–Crippen LogP) is 2.70. The molecule has 2 aliphatic rings. The summed E-state index contributed by atoms with van der Waals surface area (Å²) in [7, 11) is 1.57. The quantitative estimate of drug-likeness (QED) is 0.833. The summed E-state index contributed by atoms with van der Waals surface area (Å²) in [5.41, 5.74) is 1.12. The van der Waals surface area contributed by atoms with Crippen molar-refractivity contribution in [3.8, 4) is 0 Å². The number of carbonyl (C=O) groups is 2. The van der Waals surface area contributed by atoms with Crippen LogP contribution in [0, 0.1) is 5.82 Å². The molecule has 0 saturated carbocycles. The third kappa shape index (κ3) is 3.90. The van der Waals surface area contributed by atoms with Crippen LogP contribution in [0.1, 0.15) is 31.2 Å². The van der Waals surface area contributed by atoms with E-state index in [1.54, 1.807) is 31.1 Å². The highest BCUT2D eigenvalue weighted by molar-refractivity contribution is 7.97. The van der Waals surface area contributed by atoms with Gasteiger partial charge in [-0.2, -0.15) is 0 Å². The van der Waals surface area contributed by atoms with Gasteiger partial charge in [0.05, 0.1) is 12.2 Å². The number of cyclic esters (lactones) is 1. The SMILES string of the molecule is CC(=O)N(C)C1CN(c2ccc(C3CCCSNC3)c(F)c2)C(=O)O1. The van der Waals surface area contributed by atoms with Crippen LogP contribution < -0.4 is 9.62 Å². The molecule has 1 aromatic carbocycles. The minimum Gasteiger partial charge on any atom is -0.423 e. The summed E-state index contributed by atoms with van der Waals surface area (Å²) in [6, 6.07) is 4.88. The van der Waals surface area contributed by atoms with Gasteiger partial charge >= 0.3 is 6.09 Å². The standard InChI is InChI=1S/C17H22FN3O3S/c1-11(22)20(2)16-10-21(17(23)24-16)13-5-6-14(15(18)8-13)12-4-3-7-25-19-9-12/h5-6,8,12,16,19H,3-4,7,9-10H2,1-2H3. The molecule has 25 heavy (non-hydrogen) atoms. The molecule has 2 atom stereocenters. The molecule has 6 nitrogen and oxygen atoms in total. The lowest BCUT2D eigenvalue weighted by Gasteiger charge is -2.21. The average molecular weight is 367 g/mol. The number of anilines is 1. The number of likely N-dealkylation sites (N-methyl/N-ethyl adjacent to an activating group) is 1. The summed E-state index contributed by atoms with van der Waals surface area (Å²) < 4.78 is 23.1. The highest BCUT2D eigenvalue weighted by Gasteiger charge is 2.36. The molecule has 2 fully saturated rings. The molecule has 2 aliphatic heterocycles. The second-order valence-corrected chi connectivity index (χ2v) is 7.31. The van der Waals surface area contributed by atoms with Gasteiger partial charge in [-0.3, -0.25) is 14.4 Å². The van der Waals surface area contributed by atoms with Crippen molar-refractivity contribution in [1.82, 2.24) is 9.62 Å². The van der Waals surface area contributed by atoms with E-state index in [1.165, 1.54) is 22.8 Å². The first-order valence-electron chi connectivity index (χ1n) is 8.33.